The molecule has 0 unspecified atom stereocenters. The largest absolute Gasteiger partial charge is 0.260 e. The van der Waals surface area contributed by atoms with E-state index in [1.165, 1.54) is 11.1 Å². The third kappa shape index (κ3) is 3.65. The molecule has 1 N–H and O–H groups in total. The van der Waals surface area contributed by atoms with E-state index in [4.69, 9.17) is 10.1 Å². The molecule has 1 aliphatic rings. The molecule has 3 aromatic rings. The lowest BCUT2D eigenvalue weighted by Crippen LogP contribution is -2.20. The van der Waals surface area contributed by atoms with Gasteiger partial charge in [-0.1, -0.05) is 64.1 Å². The van der Waals surface area contributed by atoms with Crippen molar-refractivity contribution in [2.24, 2.45) is 10.1 Å². The predicted molar refractivity (Wildman–Crippen MR) is 120 cm³/mol. The first-order chi connectivity index (χ1) is 13.5. The van der Waals surface area contributed by atoms with Crippen LogP contribution in [-0.4, -0.2) is 11.5 Å². The highest BCUT2D eigenvalue weighted by Gasteiger charge is 2.19. The molecule has 142 valence electrons. The molecule has 0 bridgehead atoms. The van der Waals surface area contributed by atoms with Gasteiger partial charge in [0.2, 0.25) is 0 Å². The number of rotatable bonds is 3. The maximum Gasteiger partial charge on any atom is 0.154 e. The van der Waals surface area contributed by atoms with Crippen LogP contribution in [0, 0.1) is 0 Å². The highest BCUT2D eigenvalue weighted by molar-refractivity contribution is 7.12. The molecule has 2 heterocycles. The summed E-state index contributed by atoms with van der Waals surface area (Å²) in [6, 6.07) is 19.2. The number of nitrogens with zero attached hydrogens (tertiary/aromatic N) is 2. The number of hydrogen-bond acceptors (Lipinski definition) is 4. The molecule has 0 radical (unpaired) electrons. The van der Waals surface area contributed by atoms with Crippen molar-refractivity contribution in [2.45, 2.75) is 39.5 Å². The molecule has 0 atom stereocenters. The van der Waals surface area contributed by atoms with Crippen molar-refractivity contribution in [3.8, 4) is 0 Å². The second kappa shape index (κ2) is 7.36. The third-order valence-corrected chi connectivity index (χ3v) is 5.89. The van der Waals surface area contributed by atoms with Crippen LogP contribution in [0.2, 0.25) is 0 Å². The van der Waals surface area contributed by atoms with Crippen molar-refractivity contribution in [3.63, 3.8) is 0 Å². The van der Waals surface area contributed by atoms with Gasteiger partial charge in [-0.3, -0.25) is 5.43 Å². The number of fused-ring (bicyclic) bond motifs is 1. The van der Waals surface area contributed by atoms with E-state index in [0.717, 1.165) is 39.7 Å². The molecule has 0 aliphatic carbocycles. The zero-order chi connectivity index (χ0) is 19.7. The van der Waals surface area contributed by atoms with Crippen LogP contribution in [0.5, 0.6) is 0 Å². The van der Waals surface area contributed by atoms with Gasteiger partial charge in [0.25, 0.3) is 0 Å². The SMILES string of the molecule is CCc1ccc2c(c1)C(c1cccs1)=NNC(c1ccc(C(C)(C)C)cc1)=N2. The summed E-state index contributed by atoms with van der Waals surface area (Å²) < 4.78 is 0. The van der Waals surface area contributed by atoms with Crippen LogP contribution < -0.4 is 5.43 Å². The zero-order valence-electron chi connectivity index (χ0n) is 16.8. The molecule has 0 amide bonds. The Labute approximate surface area is 170 Å². The minimum Gasteiger partial charge on any atom is -0.260 e. The maximum atomic E-state index is 4.93. The average molecular weight is 388 g/mol. The first-order valence-corrected chi connectivity index (χ1v) is 10.5. The van der Waals surface area contributed by atoms with Crippen molar-refractivity contribution >= 4 is 28.6 Å². The summed E-state index contributed by atoms with van der Waals surface area (Å²) in [5.41, 5.74) is 9.96. The molecule has 28 heavy (non-hydrogen) atoms. The number of hydrogen-bond donors (Lipinski definition) is 1. The van der Waals surface area contributed by atoms with Crippen molar-refractivity contribution < 1.29 is 0 Å². The van der Waals surface area contributed by atoms with Gasteiger partial charge in [0.1, 0.15) is 5.71 Å². The third-order valence-electron chi connectivity index (χ3n) is 5.01. The van der Waals surface area contributed by atoms with E-state index in [1.54, 1.807) is 11.3 Å². The van der Waals surface area contributed by atoms with Gasteiger partial charge in [-0.25, -0.2) is 4.99 Å². The van der Waals surface area contributed by atoms with Crippen molar-refractivity contribution in [1.29, 1.82) is 0 Å². The topological polar surface area (TPSA) is 36.8 Å². The highest BCUT2D eigenvalue weighted by Crippen LogP contribution is 2.29. The second-order valence-electron chi connectivity index (χ2n) is 8.04. The quantitative estimate of drug-likeness (QED) is 0.584. The fourth-order valence-corrected chi connectivity index (χ4v) is 3.99. The van der Waals surface area contributed by atoms with Gasteiger partial charge in [-0.05, 0) is 46.5 Å². The van der Waals surface area contributed by atoms with Gasteiger partial charge >= 0.3 is 0 Å². The summed E-state index contributed by atoms with van der Waals surface area (Å²) >= 11 is 1.70. The van der Waals surface area contributed by atoms with Gasteiger partial charge in [0.15, 0.2) is 5.84 Å². The van der Waals surface area contributed by atoms with E-state index >= 15 is 0 Å². The minimum absolute atomic E-state index is 0.130. The fourth-order valence-electron chi connectivity index (χ4n) is 3.26. The van der Waals surface area contributed by atoms with Crippen LogP contribution in [-0.2, 0) is 11.8 Å². The molecular weight excluding hydrogens is 362 g/mol. The summed E-state index contributed by atoms with van der Waals surface area (Å²) in [6.45, 7) is 8.85. The van der Waals surface area contributed by atoms with Gasteiger partial charge < -0.3 is 0 Å². The average Bonchev–Trinajstić information content (AvgIpc) is 3.15. The lowest BCUT2D eigenvalue weighted by Gasteiger charge is -2.19. The van der Waals surface area contributed by atoms with Crippen molar-refractivity contribution in [2.75, 3.05) is 0 Å². The van der Waals surface area contributed by atoms with Crippen LogP contribution in [0.4, 0.5) is 5.69 Å². The van der Waals surface area contributed by atoms with Gasteiger partial charge in [-0.15, -0.1) is 11.3 Å². The highest BCUT2D eigenvalue weighted by atomic mass is 32.1. The van der Waals surface area contributed by atoms with E-state index in [0.29, 0.717) is 0 Å². The Kier molecular flexibility index (Phi) is 4.90. The number of hydrazone groups is 1. The Bertz CT molecular complexity index is 1040. The molecule has 1 aromatic heterocycles. The Morgan fingerprint density at radius 2 is 1.79 bits per heavy atom. The number of nitrogens with one attached hydrogen (secondary N) is 1. The van der Waals surface area contributed by atoms with Crippen LogP contribution in [0.1, 0.15) is 54.8 Å². The van der Waals surface area contributed by atoms with E-state index in [1.807, 2.05) is 0 Å². The van der Waals surface area contributed by atoms with E-state index in [9.17, 15) is 0 Å². The molecule has 1 aliphatic heterocycles. The van der Waals surface area contributed by atoms with E-state index < -0.39 is 0 Å². The van der Waals surface area contributed by atoms with E-state index in [2.05, 4.69) is 93.1 Å². The molecule has 4 heteroatoms. The molecule has 0 fully saturated rings. The number of amidine groups is 1. The molecule has 0 spiro atoms. The van der Waals surface area contributed by atoms with Crippen LogP contribution in [0.25, 0.3) is 0 Å². The molecule has 3 nitrogen and oxygen atoms in total. The number of aryl methyl sites for hydroxylation is 1. The van der Waals surface area contributed by atoms with Crippen LogP contribution in [0.3, 0.4) is 0 Å². The van der Waals surface area contributed by atoms with Crippen LogP contribution >= 0.6 is 11.3 Å². The summed E-state index contributed by atoms with van der Waals surface area (Å²) in [5, 5.41) is 6.84. The predicted octanol–water partition coefficient (Wildman–Crippen LogP) is 6.04. The lowest BCUT2D eigenvalue weighted by atomic mass is 9.86. The summed E-state index contributed by atoms with van der Waals surface area (Å²) in [6.07, 6.45) is 0.989. The summed E-state index contributed by atoms with van der Waals surface area (Å²) in [4.78, 5) is 6.07. The second-order valence-corrected chi connectivity index (χ2v) is 8.99. The number of thiophene rings is 1. The molecule has 2 aromatic carbocycles. The Morgan fingerprint density at radius 3 is 2.43 bits per heavy atom. The normalized spacial score (nSPS) is 13.9. The number of benzene rings is 2. The summed E-state index contributed by atoms with van der Waals surface area (Å²) in [7, 11) is 0. The number of aliphatic imine (C=N–C) groups is 1. The standard InChI is InChI=1S/C24H25N3S/c1-5-16-8-13-20-19(15-16)22(21-7-6-14-28-21)26-27-23(25-20)17-9-11-18(12-10-17)24(2,3)4/h6-15H,5H2,1-4H3,(H,25,27). The van der Waals surface area contributed by atoms with Crippen molar-refractivity contribution in [1.82, 2.24) is 5.43 Å². The van der Waals surface area contributed by atoms with Gasteiger partial charge in [-0.2, -0.15) is 5.10 Å². The molecule has 4 rings (SSSR count). The maximum absolute atomic E-state index is 4.93. The van der Waals surface area contributed by atoms with Gasteiger partial charge in [0, 0.05) is 11.1 Å². The monoisotopic (exact) mass is 387 g/mol. The fraction of sp³-hybridized carbons (Fsp3) is 0.250. The van der Waals surface area contributed by atoms with Gasteiger partial charge in [0.05, 0.1) is 10.6 Å². The molecule has 0 saturated heterocycles. The Morgan fingerprint density at radius 1 is 1.00 bits per heavy atom. The smallest absolute Gasteiger partial charge is 0.154 e. The molecule has 0 saturated carbocycles. The summed E-state index contributed by atoms with van der Waals surface area (Å²) in [5.74, 6) is 0.775. The Hall–Kier alpha value is -2.72. The zero-order valence-corrected chi connectivity index (χ0v) is 17.6. The minimum atomic E-state index is 0.130. The molecular formula is C24H25N3S. The van der Waals surface area contributed by atoms with Crippen LogP contribution in [0.15, 0.2) is 70.1 Å². The lowest BCUT2D eigenvalue weighted by molar-refractivity contribution is 0.590. The van der Waals surface area contributed by atoms with E-state index in [-0.39, 0.29) is 5.41 Å². The first kappa shape index (κ1) is 18.6. The van der Waals surface area contributed by atoms with Crippen molar-refractivity contribution in [3.05, 3.63) is 87.1 Å². The Balaban J connectivity index is 1.80. The first-order valence-electron chi connectivity index (χ1n) is 9.66.